The van der Waals surface area contributed by atoms with E-state index in [0.29, 0.717) is 6.42 Å². The Kier molecular flexibility index (Phi) is 69.8. The van der Waals surface area contributed by atoms with Gasteiger partial charge in [0.15, 0.2) is 6.10 Å². The van der Waals surface area contributed by atoms with Gasteiger partial charge in [-0.3, -0.25) is 18.6 Å². The fourth-order valence-electron chi connectivity index (χ4n) is 11.8. The van der Waals surface area contributed by atoms with Gasteiger partial charge in [0.2, 0.25) is 0 Å². The second kappa shape index (κ2) is 70.8. The van der Waals surface area contributed by atoms with E-state index in [1.54, 1.807) is 0 Å². The zero-order valence-electron chi connectivity index (χ0n) is 56.4. The fraction of sp³-hybridized carbons (Fsp3) is 0.946. The van der Waals surface area contributed by atoms with Crippen LogP contribution in [-0.2, 0) is 32.7 Å². The summed E-state index contributed by atoms with van der Waals surface area (Å²) in [4.78, 5) is 35.4. The second-order valence-corrected chi connectivity index (χ2v) is 27.3. The Hall–Kier alpha value is -1.25. The summed E-state index contributed by atoms with van der Waals surface area (Å²) >= 11 is 0. The molecule has 0 aromatic rings. The lowest BCUT2D eigenvalue weighted by molar-refractivity contribution is -0.161. The average Bonchev–Trinajstić information content (AvgIpc) is 3.58. The first-order valence-corrected chi connectivity index (χ1v) is 39.2. The number of unbranched alkanes of at least 4 members (excludes halogenated alkanes) is 58. The summed E-state index contributed by atoms with van der Waals surface area (Å²) in [5.74, 6) is -0.797. The minimum Gasteiger partial charge on any atom is -0.462 e. The van der Waals surface area contributed by atoms with Gasteiger partial charge in [0.25, 0.3) is 0 Å². The molecule has 0 aliphatic heterocycles. The maximum Gasteiger partial charge on any atom is 0.472 e. The molecule has 0 amide bonds. The van der Waals surface area contributed by atoms with Gasteiger partial charge in [0.1, 0.15) is 6.61 Å². The molecule has 9 nitrogen and oxygen atoms in total. The van der Waals surface area contributed by atoms with E-state index in [0.717, 1.165) is 32.1 Å². The molecule has 2 unspecified atom stereocenters. The maximum atomic E-state index is 12.8. The zero-order chi connectivity index (χ0) is 60.9. The van der Waals surface area contributed by atoms with Crippen molar-refractivity contribution >= 4 is 19.8 Å². The molecule has 500 valence electrons. The predicted octanol–water partition coefficient (Wildman–Crippen LogP) is 24.7. The molecule has 0 radical (unpaired) electrons. The van der Waals surface area contributed by atoms with Crippen LogP contribution in [0.1, 0.15) is 418 Å². The Balaban J connectivity index is 3.76. The summed E-state index contributed by atoms with van der Waals surface area (Å²) in [5, 5.41) is 0. The standard InChI is InChI=1S/C74H146NO8P/c1-3-5-7-9-11-13-15-17-19-21-23-25-27-29-31-33-34-35-36-37-38-39-41-43-45-47-49-51-53-55-57-59-61-63-65-67-74(77)83-72(71-82-84(78,79)81-69-68-75)70-80-73(76)66-64-62-60-58-56-54-52-50-48-46-44-42-40-32-30-28-26-24-22-20-18-16-14-12-10-8-6-4-2/h21,23,72H,3-20,22,24-71,75H2,1-2H3,(H,78,79)/b23-21-. The number of phosphoric acid groups is 1. The maximum absolute atomic E-state index is 12.8. The van der Waals surface area contributed by atoms with Crippen molar-refractivity contribution in [2.75, 3.05) is 26.4 Å². The van der Waals surface area contributed by atoms with Gasteiger partial charge < -0.3 is 20.1 Å². The van der Waals surface area contributed by atoms with Crippen molar-refractivity contribution < 1.29 is 37.6 Å². The fourth-order valence-corrected chi connectivity index (χ4v) is 12.6. The first-order chi connectivity index (χ1) is 41.3. The normalized spacial score (nSPS) is 12.9. The highest BCUT2D eigenvalue weighted by Crippen LogP contribution is 2.43. The van der Waals surface area contributed by atoms with E-state index in [-0.39, 0.29) is 38.6 Å². The third kappa shape index (κ3) is 69.8. The molecule has 0 aliphatic rings. The van der Waals surface area contributed by atoms with Crippen LogP contribution < -0.4 is 5.73 Å². The Morgan fingerprint density at radius 3 is 0.845 bits per heavy atom. The van der Waals surface area contributed by atoms with E-state index >= 15 is 0 Å². The molecule has 0 saturated heterocycles. The van der Waals surface area contributed by atoms with Crippen LogP contribution in [0.2, 0.25) is 0 Å². The number of allylic oxidation sites excluding steroid dienone is 2. The molecule has 0 spiro atoms. The predicted molar refractivity (Wildman–Crippen MR) is 363 cm³/mol. The quantitative estimate of drug-likeness (QED) is 0.0264. The third-order valence-electron chi connectivity index (χ3n) is 17.4. The number of nitrogens with two attached hydrogens (primary N) is 1. The molecule has 2 atom stereocenters. The Morgan fingerprint density at radius 2 is 0.583 bits per heavy atom. The lowest BCUT2D eigenvalue weighted by atomic mass is 10.0. The summed E-state index contributed by atoms with van der Waals surface area (Å²) in [7, 11) is -4.39. The first kappa shape index (κ1) is 82.8. The van der Waals surface area contributed by atoms with Gasteiger partial charge >= 0.3 is 19.8 Å². The number of esters is 2. The summed E-state index contributed by atoms with van der Waals surface area (Å²) < 4.78 is 33.2. The van der Waals surface area contributed by atoms with Gasteiger partial charge in [0, 0.05) is 19.4 Å². The van der Waals surface area contributed by atoms with Crippen LogP contribution in [0.3, 0.4) is 0 Å². The Morgan fingerprint density at radius 1 is 0.345 bits per heavy atom. The molecular weight excluding hydrogens is 1060 g/mol. The molecule has 0 rings (SSSR count). The Labute approximate surface area is 523 Å². The van der Waals surface area contributed by atoms with Gasteiger partial charge in [-0.05, 0) is 38.5 Å². The van der Waals surface area contributed by atoms with Gasteiger partial charge in [-0.1, -0.05) is 379 Å². The van der Waals surface area contributed by atoms with Gasteiger partial charge in [-0.25, -0.2) is 4.57 Å². The third-order valence-corrected chi connectivity index (χ3v) is 18.4. The van der Waals surface area contributed by atoms with Gasteiger partial charge in [-0.15, -0.1) is 0 Å². The molecule has 0 aliphatic carbocycles. The second-order valence-electron chi connectivity index (χ2n) is 25.9. The van der Waals surface area contributed by atoms with Crippen LogP contribution >= 0.6 is 7.82 Å². The van der Waals surface area contributed by atoms with E-state index in [4.69, 9.17) is 24.3 Å². The number of phosphoric ester groups is 1. The van der Waals surface area contributed by atoms with Crippen molar-refractivity contribution in [3.05, 3.63) is 12.2 Å². The smallest absolute Gasteiger partial charge is 0.462 e. The molecule has 0 heterocycles. The molecule has 0 fully saturated rings. The average molecular weight is 1210 g/mol. The number of rotatable bonds is 73. The minimum absolute atomic E-state index is 0.0581. The highest BCUT2D eigenvalue weighted by molar-refractivity contribution is 7.47. The van der Waals surface area contributed by atoms with Crippen LogP contribution in [0.25, 0.3) is 0 Å². The number of carbonyl (C=O) groups is 2. The first-order valence-electron chi connectivity index (χ1n) is 37.7. The summed E-state index contributed by atoms with van der Waals surface area (Å²) in [6, 6.07) is 0. The van der Waals surface area contributed by atoms with Crippen LogP contribution in [0.4, 0.5) is 0 Å². The Bertz CT molecular complexity index is 1380. The largest absolute Gasteiger partial charge is 0.472 e. The van der Waals surface area contributed by atoms with Crippen LogP contribution in [0.5, 0.6) is 0 Å². The van der Waals surface area contributed by atoms with Crippen LogP contribution in [0, 0.1) is 0 Å². The van der Waals surface area contributed by atoms with Crippen molar-refractivity contribution in [1.82, 2.24) is 0 Å². The number of carbonyl (C=O) groups excluding carboxylic acids is 2. The number of hydrogen-bond acceptors (Lipinski definition) is 8. The molecule has 0 aromatic heterocycles. The summed E-state index contributed by atoms with van der Waals surface area (Å²) in [5.41, 5.74) is 5.41. The molecule has 3 N–H and O–H groups in total. The van der Waals surface area contributed by atoms with Crippen molar-refractivity contribution in [1.29, 1.82) is 0 Å². The zero-order valence-corrected chi connectivity index (χ0v) is 57.3. The lowest BCUT2D eigenvalue weighted by Crippen LogP contribution is -2.29. The highest BCUT2D eigenvalue weighted by atomic mass is 31.2. The van der Waals surface area contributed by atoms with Crippen molar-refractivity contribution in [2.45, 2.75) is 424 Å². The van der Waals surface area contributed by atoms with E-state index < -0.39 is 26.5 Å². The summed E-state index contributed by atoms with van der Waals surface area (Å²) in [6.45, 7) is 3.84. The van der Waals surface area contributed by atoms with E-state index in [9.17, 15) is 19.0 Å². The van der Waals surface area contributed by atoms with Crippen LogP contribution in [-0.4, -0.2) is 49.3 Å². The van der Waals surface area contributed by atoms with Crippen molar-refractivity contribution in [3.8, 4) is 0 Å². The SMILES string of the molecule is CCCCCCCCCC/C=C\CCCCCCCCCCCCCCCCCCCCCCCCCC(=O)OC(COC(=O)CCCCCCCCCCCCCCCCCCCCCCCCCCCCCC)COP(=O)(O)OCCN. The molecule has 10 heteroatoms. The molecule has 84 heavy (non-hydrogen) atoms. The van der Waals surface area contributed by atoms with Crippen molar-refractivity contribution in [3.63, 3.8) is 0 Å². The number of ether oxygens (including phenoxy) is 2. The van der Waals surface area contributed by atoms with Gasteiger partial charge in [-0.2, -0.15) is 0 Å². The van der Waals surface area contributed by atoms with Crippen LogP contribution in [0.15, 0.2) is 12.2 Å². The summed E-state index contributed by atoms with van der Waals surface area (Å²) in [6.07, 6.45) is 86.3. The van der Waals surface area contributed by atoms with Crippen molar-refractivity contribution in [2.24, 2.45) is 5.73 Å². The number of hydrogen-bond donors (Lipinski definition) is 2. The topological polar surface area (TPSA) is 134 Å². The van der Waals surface area contributed by atoms with Gasteiger partial charge in [0.05, 0.1) is 13.2 Å². The highest BCUT2D eigenvalue weighted by Gasteiger charge is 2.26. The lowest BCUT2D eigenvalue weighted by Gasteiger charge is -2.19. The minimum atomic E-state index is -4.39. The van der Waals surface area contributed by atoms with E-state index in [1.165, 1.54) is 353 Å². The molecule has 0 aromatic carbocycles. The van der Waals surface area contributed by atoms with E-state index in [2.05, 4.69) is 26.0 Å². The molecular formula is C74H146NO8P. The van der Waals surface area contributed by atoms with E-state index in [1.807, 2.05) is 0 Å². The molecule has 0 saturated carbocycles. The monoisotopic (exact) mass is 1210 g/mol. The molecule has 0 bridgehead atoms.